The highest BCUT2D eigenvalue weighted by Crippen LogP contribution is 2.37. The van der Waals surface area contributed by atoms with Crippen LogP contribution in [0.15, 0.2) is 46.4 Å². The smallest absolute Gasteiger partial charge is 0.417 e. The van der Waals surface area contributed by atoms with Crippen molar-refractivity contribution in [3.8, 4) is 17.4 Å². The number of aliphatic carboxylic acids is 1. The van der Waals surface area contributed by atoms with Gasteiger partial charge in [-0.05, 0) is 18.2 Å². The van der Waals surface area contributed by atoms with Gasteiger partial charge < -0.3 is 9.52 Å². The third-order valence-corrected chi connectivity index (χ3v) is 2.76. The molecular weight excluding hydrogens is 299 g/mol. The van der Waals surface area contributed by atoms with Crippen LogP contribution in [0.5, 0.6) is 0 Å². The SMILES string of the molecule is N#C/C(=C/c1ccc(-c2ccccc2C(F)(F)F)o1)C(=O)O. The number of hydrogen-bond donors (Lipinski definition) is 1. The number of nitrogens with zero attached hydrogens (tertiary/aromatic N) is 1. The van der Waals surface area contributed by atoms with Crippen LogP contribution in [0.25, 0.3) is 17.4 Å². The Kier molecular flexibility index (Phi) is 4.04. The van der Waals surface area contributed by atoms with Crippen LogP contribution in [-0.2, 0) is 11.0 Å². The Morgan fingerprint density at radius 1 is 1.23 bits per heavy atom. The molecule has 1 heterocycles. The lowest BCUT2D eigenvalue weighted by Gasteiger charge is -2.10. The van der Waals surface area contributed by atoms with Gasteiger partial charge in [-0.3, -0.25) is 0 Å². The first-order valence-corrected chi connectivity index (χ1v) is 5.94. The van der Waals surface area contributed by atoms with E-state index in [2.05, 4.69) is 0 Å². The normalized spacial score (nSPS) is 12.0. The number of nitriles is 1. The van der Waals surface area contributed by atoms with Crippen molar-refractivity contribution >= 4 is 12.0 Å². The van der Waals surface area contributed by atoms with E-state index >= 15 is 0 Å². The predicted molar refractivity (Wildman–Crippen MR) is 70.4 cm³/mol. The number of carbonyl (C=O) groups is 1. The number of rotatable bonds is 3. The van der Waals surface area contributed by atoms with Crippen molar-refractivity contribution in [3.63, 3.8) is 0 Å². The fourth-order valence-electron chi connectivity index (χ4n) is 1.80. The van der Waals surface area contributed by atoms with Gasteiger partial charge in [0.05, 0.1) is 5.56 Å². The van der Waals surface area contributed by atoms with Crippen molar-refractivity contribution in [2.75, 3.05) is 0 Å². The van der Waals surface area contributed by atoms with Crippen LogP contribution < -0.4 is 0 Å². The minimum Gasteiger partial charge on any atom is -0.477 e. The lowest BCUT2D eigenvalue weighted by Crippen LogP contribution is -2.06. The van der Waals surface area contributed by atoms with Crippen LogP contribution in [-0.4, -0.2) is 11.1 Å². The van der Waals surface area contributed by atoms with Crippen molar-refractivity contribution in [2.45, 2.75) is 6.18 Å². The molecule has 0 aliphatic rings. The van der Waals surface area contributed by atoms with Gasteiger partial charge in [0.15, 0.2) is 0 Å². The van der Waals surface area contributed by atoms with Crippen LogP contribution in [0.3, 0.4) is 0 Å². The van der Waals surface area contributed by atoms with E-state index in [0.717, 1.165) is 12.1 Å². The Balaban J connectivity index is 2.47. The van der Waals surface area contributed by atoms with Crippen molar-refractivity contribution in [1.82, 2.24) is 0 Å². The third-order valence-electron chi connectivity index (χ3n) is 2.76. The molecule has 1 N–H and O–H groups in total. The summed E-state index contributed by atoms with van der Waals surface area (Å²) < 4.78 is 44.0. The molecule has 4 nitrogen and oxygen atoms in total. The van der Waals surface area contributed by atoms with Gasteiger partial charge >= 0.3 is 12.1 Å². The molecule has 0 atom stereocenters. The van der Waals surface area contributed by atoms with Crippen molar-refractivity contribution in [3.05, 3.63) is 53.3 Å². The number of benzene rings is 1. The molecule has 1 aromatic carbocycles. The van der Waals surface area contributed by atoms with Crippen LogP contribution >= 0.6 is 0 Å². The van der Waals surface area contributed by atoms with Gasteiger partial charge in [0, 0.05) is 11.6 Å². The molecule has 0 saturated carbocycles. The van der Waals surface area contributed by atoms with Crippen molar-refractivity contribution < 1.29 is 27.5 Å². The summed E-state index contributed by atoms with van der Waals surface area (Å²) in [4.78, 5) is 10.7. The number of carboxylic acid groups (broad SMARTS) is 1. The molecule has 7 heteroatoms. The monoisotopic (exact) mass is 307 g/mol. The molecule has 0 radical (unpaired) electrons. The van der Waals surface area contributed by atoms with E-state index in [-0.39, 0.29) is 17.1 Å². The molecule has 1 aromatic heterocycles. The van der Waals surface area contributed by atoms with E-state index in [1.165, 1.54) is 36.4 Å². The molecule has 0 spiro atoms. The molecule has 0 aliphatic heterocycles. The second-order valence-electron chi connectivity index (χ2n) is 4.22. The van der Waals surface area contributed by atoms with Crippen LogP contribution in [0.1, 0.15) is 11.3 Å². The summed E-state index contributed by atoms with van der Waals surface area (Å²) in [7, 11) is 0. The first kappa shape index (κ1) is 15.4. The predicted octanol–water partition coefficient (Wildman–Crippen LogP) is 3.96. The van der Waals surface area contributed by atoms with Gasteiger partial charge in [-0.2, -0.15) is 18.4 Å². The molecule has 2 aromatic rings. The lowest BCUT2D eigenvalue weighted by molar-refractivity contribution is -0.137. The molecule has 0 bridgehead atoms. The summed E-state index contributed by atoms with van der Waals surface area (Å²) in [6.07, 6.45) is -3.60. The summed E-state index contributed by atoms with van der Waals surface area (Å²) in [6.45, 7) is 0. The average Bonchev–Trinajstić information content (AvgIpc) is 2.92. The molecule has 112 valence electrons. The number of carboxylic acids is 1. The zero-order chi connectivity index (χ0) is 16.3. The Morgan fingerprint density at radius 2 is 1.91 bits per heavy atom. The molecule has 0 amide bonds. The van der Waals surface area contributed by atoms with Gasteiger partial charge in [0.2, 0.25) is 0 Å². The second kappa shape index (κ2) is 5.77. The zero-order valence-corrected chi connectivity index (χ0v) is 10.9. The number of halogens is 3. The maximum Gasteiger partial charge on any atom is 0.417 e. The highest BCUT2D eigenvalue weighted by Gasteiger charge is 2.34. The summed E-state index contributed by atoms with van der Waals surface area (Å²) in [5.74, 6) is -1.54. The van der Waals surface area contributed by atoms with E-state index in [1.54, 1.807) is 0 Å². The zero-order valence-electron chi connectivity index (χ0n) is 10.9. The molecule has 0 unspecified atom stereocenters. The quantitative estimate of drug-likeness (QED) is 0.688. The minimum atomic E-state index is -4.54. The van der Waals surface area contributed by atoms with Gasteiger partial charge in [-0.25, -0.2) is 4.79 Å². The summed E-state index contributed by atoms with van der Waals surface area (Å²) >= 11 is 0. The van der Waals surface area contributed by atoms with E-state index in [9.17, 15) is 18.0 Å². The third kappa shape index (κ3) is 3.17. The van der Waals surface area contributed by atoms with Crippen LogP contribution in [0.2, 0.25) is 0 Å². The van der Waals surface area contributed by atoms with E-state index in [4.69, 9.17) is 14.8 Å². The minimum absolute atomic E-state index is 0.0223. The fraction of sp³-hybridized carbons (Fsp3) is 0.0667. The summed E-state index contributed by atoms with van der Waals surface area (Å²) in [6, 6.07) is 8.89. The molecule has 0 aliphatic carbocycles. The van der Waals surface area contributed by atoms with E-state index in [1.807, 2.05) is 0 Å². The highest BCUT2D eigenvalue weighted by atomic mass is 19.4. The fourth-order valence-corrected chi connectivity index (χ4v) is 1.80. The number of furan rings is 1. The molecule has 2 rings (SSSR count). The highest BCUT2D eigenvalue weighted by molar-refractivity contribution is 5.96. The first-order chi connectivity index (χ1) is 10.3. The first-order valence-electron chi connectivity index (χ1n) is 5.94. The van der Waals surface area contributed by atoms with Crippen LogP contribution in [0, 0.1) is 11.3 Å². The van der Waals surface area contributed by atoms with E-state index < -0.39 is 23.3 Å². The number of alkyl halides is 3. The lowest BCUT2D eigenvalue weighted by atomic mass is 10.1. The molecule has 22 heavy (non-hydrogen) atoms. The number of hydrogen-bond acceptors (Lipinski definition) is 3. The summed E-state index contributed by atoms with van der Waals surface area (Å²) in [5.41, 5.74) is -1.60. The standard InChI is InChI=1S/C15H8F3NO3/c16-15(17,18)12-4-2-1-3-11(12)13-6-5-10(22-13)7-9(8-19)14(20)21/h1-7H,(H,20,21)/b9-7-. The Labute approximate surface area is 122 Å². The van der Waals surface area contributed by atoms with Crippen LogP contribution in [0.4, 0.5) is 13.2 Å². The maximum atomic E-state index is 12.9. The topological polar surface area (TPSA) is 74.2 Å². The Bertz CT molecular complexity index is 782. The molecule has 0 saturated heterocycles. The summed E-state index contributed by atoms with van der Waals surface area (Å²) in [5, 5.41) is 17.4. The Morgan fingerprint density at radius 3 is 2.50 bits per heavy atom. The largest absolute Gasteiger partial charge is 0.477 e. The average molecular weight is 307 g/mol. The molecular formula is C15H8F3NO3. The van der Waals surface area contributed by atoms with E-state index in [0.29, 0.717) is 0 Å². The Hall–Kier alpha value is -3.01. The van der Waals surface area contributed by atoms with Gasteiger partial charge in [0.25, 0.3) is 0 Å². The van der Waals surface area contributed by atoms with Gasteiger partial charge in [-0.1, -0.05) is 18.2 Å². The van der Waals surface area contributed by atoms with Crippen molar-refractivity contribution in [2.24, 2.45) is 0 Å². The van der Waals surface area contributed by atoms with Crippen molar-refractivity contribution in [1.29, 1.82) is 5.26 Å². The van der Waals surface area contributed by atoms with Gasteiger partial charge in [0.1, 0.15) is 23.2 Å². The van der Waals surface area contributed by atoms with Gasteiger partial charge in [-0.15, -0.1) is 0 Å². The maximum absolute atomic E-state index is 12.9. The second-order valence-corrected chi connectivity index (χ2v) is 4.22. The molecule has 0 fully saturated rings.